The van der Waals surface area contributed by atoms with Gasteiger partial charge in [-0.15, -0.1) is 0 Å². The quantitative estimate of drug-likeness (QED) is 0.368. The topological polar surface area (TPSA) is 96.8 Å². The van der Waals surface area contributed by atoms with Gasteiger partial charge in [-0.05, 0) is 43.6 Å². The van der Waals surface area contributed by atoms with Crippen molar-refractivity contribution >= 4 is 11.6 Å². The maximum atomic E-state index is 12.4. The smallest absolute Gasteiger partial charge is 0.238 e. The van der Waals surface area contributed by atoms with Gasteiger partial charge in [0.1, 0.15) is 17.9 Å². The first kappa shape index (κ1) is 15.6. The number of hydrogen-bond donors (Lipinski definition) is 0. The van der Waals surface area contributed by atoms with Crippen molar-refractivity contribution in [3.8, 4) is 5.75 Å². The Balaban J connectivity index is 1.88. The van der Waals surface area contributed by atoms with E-state index in [-0.39, 0.29) is 18.1 Å². The van der Waals surface area contributed by atoms with E-state index in [9.17, 15) is 4.79 Å². The van der Waals surface area contributed by atoms with E-state index in [4.69, 9.17) is 19.7 Å². The minimum atomic E-state index is -0.774. The molecule has 2 aliphatic rings. The zero-order chi connectivity index (χ0) is 16.6. The molecule has 3 rings (SSSR count). The molecular formula is C15H18N4O4. The van der Waals surface area contributed by atoms with E-state index in [0.29, 0.717) is 18.0 Å². The van der Waals surface area contributed by atoms with Crippen LogP contribution in [0.25, 0.3) is 10.4 Å². The summed E-state index contributed by atoms with van der Waals surface area (Å²) in [6.45, 7) is 3.97. The Hall–Kier alpha value is -2.28. The fourth-order valence-corrected chi connectivity index (χ4v) is 2.96. The van der Waals surface area contributed by atoms with Gasteiger partial charge in [0.25, 0.3) is 0 Å². The van der Waals surface area contributed by atoms with E-state index in [2.05, 4.69) is 10.0 Å². The normalized spacial score (nSPS) is 28.9. The van der Waals surface area contributed by atoms with Crippen LogP contribution in [-0.4, -0.2) is 43.6 Å². The SMILES string of the molecule is COc1ccc(N2C(=O)[C@H](N=[N+]=[N-])[C@@H]2[C@H]2COC(C)(C)O2)cc1. The molecule has 1 aromatic carbocycles. The van der Waals surface area contributed by atoms with Crippen LogP contribution in [0.5, 0.6) is 5.75 Å². The highest BCUT2D eigenvalue weighted by molar-refractivity contribution is 6.06. The summed E-state index contributed by atoms with van der Waals surface area (Å²) in [6.07, 6.45) is -0.347. The summed E-state index contributed by atoms with van der Waals surface area (Å²) in [7, 11) is 1.58. The molecule has 0 N–H and O–H groups in total. The third-order valence-corrected chi connectivity index (χ3v) is 4.05. The fourth-order valence-electron chi connectivity index (χ4n) is 2.96. The molecule has 8 heteroatoms. The summed E-state index contributed by atoms with van der Waals surface area (Å²) in [6, 6.07) is 5.97. The molecule has 0 saturated carbocycles. The number of β-lactam (4-membered cyclic amide) rings is 1. The zero-order valence-electron chi connectivity index (χ0n) is 13.2. The first-order valence-electron chi connectivity index (χ1n) is 7.30. The number of anilines is 1. The number of ether oxygens (including phenoxy) is 3. The molecule has 1 aromatic rings. The molecule has 122 valence electrons. The second-order valence-electron chi connectivity index (χ2n) is 5.91. The standard InChI is InChI=1S/C15H18N4O4/c1-15(2)22-8-11(23-15)13-12(17-18-16)14(20)19(13)9-4-6-10(21-3)7-5-9/h4-7,11-13H,8H2,1-3H3/t11-,12-,13+/m1/s1. The molecular weight excluding hydrogens is 300 g/mol. The van der Waals surface area contributed by atoms with Crippen molar-refractivity contribution in [1.82, 2.24) is 0 Å². The summed E-state index contributed by atoms with van der Waals surface area (Å²) in [5, 5.41) is 3.62. The highest BCUT2D eigenvalue weighted by atomic mass is 16.7. The van der Waals surface area contributed by atoms with Crippen LogP contribution in [0.4, 0.5) is 5.69 Å². The number of azide groups is 1. The number of benzene rings is 1. The van der Waals surface area contributed by atoms with E-state index in [1.165, 1.54) is 0 Å². The Labute approximate surface area is 133 Å². The van der Waals surface area contributed by atoms with Crippen LogP contribution in [0, 0.1) is 0 Å². The molecule has 23 heavy (non-hydrogen) atoms. The van der Waals surface area contributed by atoms with Crippen molar-refractivity contribution in [2.75, 3.05) is 18.6 Å². The van der Waals surface area contributed by atoms with Crippen molar-refractivity contribution in [2.45, 2.75) is 37.8 Å². The summed E-state index contributed by atoms with van der Waals surface area (Å²) >= 11 is 0. The monoisotopic (exact) mass is 318 g/mol. The highest BCUT2D eigenvalue weighted by Gasteiger charge is 2.55. The highest BCUT2D eigenvalue weighted by Crippen LogP contribution is 2.37. The lowest BCUT2D eigenvalue weighted by atomic mass is 9.90. The molecule has 8 nitrogen and oxygen atoms in total. The molecule has 0 spiro atoms. The predicted octanol–water partition coefficient (Wildman–Crippen LogP) is 2.24. The van der Waals surface area contributed by atoms with Gasteiger partial charge in [0.2, 0.25) is 5.91 Å². The van der Waals surface area contributed by atoms with Crippen molar-refractivity contribution < 1.29 is 19.0 Å². The third-order valence-electron chi connectivity index (χ3n) is 4.05. The van der Waals surface area contributed by atoms with Gasteiger partial charge in [0, 0.05) is 10.6 Å². The summed E-state index contributed by atoms with van der Waals surface area (Å²) < 4.78 is 16.6. The predicted molar refractivity (Wildman–Crippen MR) is 82.1 cm³/mol. The number of amides is 1. The molecule has 1 amide bonds. The molecule has 2 saturated heterocycles. The average Bonchev–Trinajstić information content (AvgIpc) is 2.89. The van der Waals surface area contributed by atoms with E-state index in [1.54, 1.807) is 36.3 Å². The van der Waals surface area contributed by atoms with Crippen molar-refractivity contribution in [1.29, 1.82) is 0 Å². The van der Waals surface area contributed by atoms with Crippen molar-refractivity contribution in [3.63, 3.8) is 0 Å². The first-order valence-corrected chi connectivity index (χ1v) is 7.30. The van der Waals surface area contributed by atoms with Crippen LogP contribution in [0.2, 0.25) is 0 Å². The van der Waals surface area contributed by atoms with E-state index in [0.717, 1.165) is 0 Å². The summed E-state index contributed by atoms with van der Waals surface area (Å²) in [5.41, 5.74) is 9.41. The van der Waals surface area contributed by atoms with E-state index >= 15 is 0 Å². The molecule has 0 unspecified atom stereocenters. The molecule has 0 aliphatic carbocycles. The van der Waals surface area contributed by atoms with Gasteiger partial charge in [0.05, 0.1) is 19.8 Å². The minimum absolute atomic E-state index is 0.244. The molecule has 2 fully saturated rings. The molecule has 0 aromatic heterocycles. The van der Waals surface area contributed by atoms with Gasteiger partial charge in [0.15, 0.2) is 5.79 Å². The van der Waals surface area contributed by atoms with Gasteiger partial charge in [-0.2, -0.15) is 0 Å². The van der Waals surface area contributed by atoms with Gasteiger partial charge in [-0.25, -0.2) is 0 Å². The summed E-state index contributed by atoms with van der Waals surface area (Å²) in [5.74, 6) is -0.256. The molecule has 3 atom stereocenters. The van der Waals surface area contributed by atoms with E-state index < -0.39 is 11.8 Å². The van der Waals surface area contributed by atoms with Gasteiger partial charge in [-0.1, -0.05) is 5.11 Å². The van der Waals surface area contributed by atoms with Crippen molar-refractivity contribution in [2.24, 2.45) is 5.11 Å². The largest absolute Gasteiger partial charge is 0.497 e. The van der Waals surface area contributed by atoms with Crippen LogP contribution in [0.1, 0.15) is 13.8 Å². The lowest BCUT2D eigenvalue weighted by Gasteiger charge is -2.47. The first-order chi connectivity index (χ1) is 11.0. The van der Waals surface area contributed by atoms with E-state index in [1.807, 2.05) is 13.8 Å². The fraction of sp³-hybridized carbons (Fsp3) is 0.533. The number of nitrogens with zero attached hydrogens (tertiary/aromatic N) is 4. The maximum absolute atomic E-state index is 12.4. The maximum Gasteiger partial charge on any atom is 0.238 e. The molecule has 0 bridgehead atoms. The van der Waals surface area contributed by atoms with Crippen LogP contribution in [0.15, 0.2) is 29.4 Å². The average molecular weight is 318 g/mol. The molecule has 2 heterocycles. The lowest BCUT2D eigenvalue weighted by molar-refractivity contribution is -0.148. The van der Waals surface area contributed by atoms with Crippen LogP contribution in [0.3, 0.4) is 0 Å². The van der Waals surface area contributed by atoms with Crippen molar-refractivity contribution in [3.05, 3.63) is 34.7 Å². The van der Waals surface area contributed by atoms with Gasteiger partial charge in [-0.3, -0.25) is 4.79 Å². The second-order valence-corrected chi connectivity index (χ2v) is 5.91. The zero-order valence-corrected chi connectivity index (χ0v) is 13.2. The molecule has 0 radical (unpaired) electrons. The Kier molecular flexibility index (Phi) is 3.89. The number of carbonyl (C=O) groups excluding carboxylic acids is 1. The Morgan fingerprint density at radius 2 is 2.09 bits per heavy atom. The minimum Gasteiger partial charge on any atom is -0.497 e. The summed E-state index contributed by atoms with van der Waals surface area (Å²) in [4.78, 5) is 16.7. The number of rotatable bonds is 4. The lowest BCUT2D eigenvalue weighted by Crippen LogP contribution is -2.69. The van der Waals surface area contributed by atoms with Crippen LogP contribution < -0.4 is 9.64 Å². The van der Waals surface area contributed by atoms with Gasteiger partial charge >= 0.3 is 0 Å². The Bertz CT molecular complexity index is 654. The molecule has 2 aliphatic heterocycles. The number of methoxy groups -OCH3 is 1. The Morgan fingerprint density at radius 3 is 2.61 bits per heavy atom. The number of hydrogen-bond acceptors (Lipinski definition) is 5. The van der Waals surface area contributed by atoms with Gasteiger partial charge < -0.3 is 19.1 Å². The van der Waals surface area contributed by atoms with Crippen LogP contribution >= 0.6 is 0 Å². The van der Waals surface area contributed by atoms with Crippen LogP contribution in [-0.2, 0) is 14.3 Å². The number of carbonyl (C=O) groups is 1. The third kappa shape index (κ3) is 2.72. The second kappa shape index (κ2) is 5.73. The Morgan fingerprint density at radius 1 is 1.39 bits per heavy atom.